The van der Waals surface area contributed by atoms with Gasteiger partial charge in [-0.05, 0) is 17.9 Å². The molecule has 0 fully saturated rings. The van der Waals surface area contributed by atoms with E-state index >= 15 is 0 Å². The zero-order valence-electron chi connectivity index (χ0n) is 10.9. The van der Waals surface area contributed by atoms with Gasteiger partial charge in [-0.2, -0.15) is 0 Å². The minimum atomic E-state index is 0.467. The van der Waals surface area contributed by atoms with Crippen LogP contribution in [0.3, 0.4) is 0 Å². The molecular formula is C17H16N2. The third-order valence-electron chi connectivity index (χ3n) is 3.40. The molecule has 2 N–H and O–H groups in total. The maximum absolute atomic E-state index is 5.78. The molecule has 2 nitrogen and oxygen atoms in total. The van der Waals surface area contributed by atoms with E-state index in [4.69, 9.17) is 5.73 Å². The van der Waals surface area contributed by atoms with E-state index < -0.39 is 0 Å². The van der Waals surface area contributed by atoms with Gasteiger partial charge in [0.05, 0.1) is 5.69 Å². The Kier molecular flexibility index (Phi) is 3.02. The normalized spacial score (nSPS) is 10.8. The van der Waals surface area contributed by atoms with Crippen molar-refractivity contribution in [2.45, 2.75) is 13.5 Å². The summed E-state index contributed by atoms with van der Waals surface area (Å²) in [5.41, 5.74) is 10.3. The second-order valence-electron chi connectivity index (χ2n) is 4.74. The van der Waals surface area contributed by atoms with Gasteiger partial charge in [-0.1, -0.05) is 54.1 Å². The van der Waals surface area contributed by atoms with E-state index in [1.165, 1.54) is 16.5 Å². The highest BCUT2D eigenvalue weighted by molar-refractivity contribution is 5.97. The van der Waals surface area contributed by atoms with Crippen molar-refractivity contribution in [2.75, 3.05) is 0 Å². The monoisotopic (exact) mass is 248 g/mol. The average molecular weight is 248 g/mol. The molecule has 0 bridgehead atoms. The lowest BCUT2D eigenvalue weighted by Gasteiger charge is -2.10. The number of fused-ring (bicyclic) bond motifs is 1. The summed E-state index contributed by atoms with van der Waals surface area (Å²) in [6.07, 6.45) is 1.93. The van der Waals surface area contributed by atoms with Crippen molar-refractivity contribution >= 4 is 10.8 Å². The minimum Gasteiger partial charge on any atom is -0.325 e. The van der Waals surface area contributed by atoms with E-state index in [2.05, 4.69) is 42.2 Å². The molecule has 0 aliphatic carbocycles. The number of pyridine rings is 1. The predicted molar refractivity (Wildman–Crippen MR) is 79.8 cm³/mol. The van der Waals surface area contributed by atoms with Crippen LogP contribution < -0.4 is 5.73 Å². The molecular weight excluding hydrogens is 232 g/mol. The number of hydrogen-bond acceptors (Lipinski definition) is 2. The Labute approximate surface area is 112 Å². The Morgan fingerprint density at radius 1 is 1.00 bits per heavy atom. The fourth-order valence-electron chi connectivity index (χ4n) is 2.42. The highest BCUT2D eigenvalue weighted by Gasteiger charge is 2.08. The molecule has 0 spiro atoms. The Hall–Kier alpha value is -2.19. The van der Waals surface area contributed by atoms with Gasteiger partial charge in [0.2, 0.25) is 0 Å². The van der Waals surface area contributed by atoms with Gasteiger partial charge in [0.1, 0.15) is 0 Å². The van der Waals surface area contributed by atoms with Crippen molar-refractivity contribution in [1.82, 2.24) is 4.98 Å². The van der Waals surface area contributed by atoms with Gasteiger partial charge in [0.15, 0.2) is 0 Å². The fraction of sp³-hybridized carbons (Fsp3) is 0.118. The molecule has 94 valence electrons. The first kappa shape index (κ1) is 11.9. The van der Waals surface area contributed by atoms with Gasteiger partial charge in [0, 0.05) is 23.7 Å². The van der Waals surface area contributed by atoms with Crippen LogP contribution in [0.2, 0.25) is 0 Å². The van der Waals surface area contributed by atoms with Crippen LogP contribution in [0.4, 0.5) is 0 Å². The molecule has 2 heteroatoms. The van der Waals surface area contributed by atoms with Gasteiger partial charge < -0.3 is 5.73 Å². The number of aryl methyl sites for hydroxylation is 1. The summed E-state index contributed by atoms with van der Waals surface area (Å²) in [4.78, 5) is 4.51. The number of nitrogens with zero attached hydrogens (tertiary/aromatic N) is 1. The third-order valence-corrected chi connectivity index (χ3v) is 3.40. The van der Waals surface area contributed by atoms with Crippen molar-refractivity contribution in [3.8, 4) is 11.1 Å². The molecule has 0 aliphatic rings. The molecule has 0 aliphatic heterocycles. The van der Waals surface area contributed by atoms with Crippen molar-refractivity contribution in [3.63, 3.8) is 0 Å². The highest BCUT2D eigenvalue weighted by atomic mass is 14.7. The van der Waals surface area contributed by atoms with Crippen LogP contribution in [0.5, 0.6) is 0 Å². The highest BCUT2D eigenvalue weighted by Crippen LogP contribution is 2.30. The van der Waals surface area contributed by atoms with E-state index in [1.807, 2.05) is 24.4 Å². The lowest BCUT2D eigenvalue weighted by Crippen LogP contribution is -2.01. The zero-order valence-corrected chi connectivity index (χ0v) is 10.9. The first-order valence-electron chi connectivity index (χ1n) is 6.43. The second-order valence-corrected chi connectivity index (χ2v) is 4.74. The van der Waals surface area contributed by atoms with Crippen molar-refractivity contribution in [3.05, 3.63) is 66.0 Å². The molecule has 0 saturated heterocycles. The zero-order chi connectivity index (χ0) is 13.2. The molecule has 1 aromatic heterocycles. The largest absolute Gasteiger partial charge is 0.325 e. The van der Waals surface area contributed by atoms with Crippen LogP contribution in [0.1, 0.15) is 11.3 Å². The molecule has 0 saturated carbocycles. The summed E-state index contributed by atoms with van der Waals surface area (Å²) in [6.45, 7) is 2.57. The molecule has 0 amide bonds. The van der Waals surface area contributed by atoms with Gasteiger partial charge in [-0.25, -0.2) is 0 Å². The second kappa shape index (κ2) is 4.82. The van der Waals surface area contributed by atoms with E-state index in [1.54, 1.807) is 0 Å². The number of rotatable bonds is 2. The van der Waals surface area contributed by atoms with Gasteiger partial charge in [-0.3, -0.25) is 4.98 Å². The molecule has 19 heavy (non-hydrogen) atoms. The van der Waals surface area contributed by atoms with Crippen molar-refractivity contribution in [1.29, 1.82) is 0 Å². The molecule has 0 radical (unpaired) electrons. The van der Waals surface area contributed by atoms with Crippen LogP contribution in [0.15, 0.2) is 54.7 Å². The smallest absolute Gasteiger partial charge is 0.0618 e. The summed E-state index contributed by atoms with van der Waals surface area (Å²) in [6, 6.07) is 16.8. The van der Waals surface area contributed by atoms with Gasteiger partial charge >= 0.3 is 0 Å². The van der Waals surface area contributed by atoms with E-state index in [-0.39, 0.29) is 0 Å². The number of hydrogen-bond donors (Lipinski definition) is 1. The van der Waals surface area contributed by atoms with Crippen LogP contribution >= 0.6 is 0 Å². The Bertz CT molecular complexity index is 718. The number of aromatic nitrogens is 1. The Balaban J connectivity index is 2.35. The molecule has 3 rings (SSSR count). The summed E-state index contributed by atoms with van der Waals surface area (Å²) in [5, 5.41) is 2.37. The van der Waals surface area contributed by atoms with Crippen LogP contribution in [-0.4, -0.2) is 4.98 Å². The fourth-order valence-corrected chi connectivity index (χ4v) is 2.42. The summed E-state index contributed by atoms with van der Waals surface area (Å²) < 4.78 is 0. The van der Waals surface area contributed by atoms with Crippen LogP contribution in [0.25, 0.3) is 21.9 Å². The average Bonchev–Trinajstić information content (AvgIpc) is 2.46. The van der Waals surface area contributed by atoms with Crippen LogP contribution in [-0.2, 0) is 6.54 Å². The van der Waals surface area contributed by atoms with Gasteiger partial charge in [0.25, 0.3) is 0 Å². The quantitative estimate of drug-likeness (QED) is 0.751. The topological polar surface area (TPSA) is 38.9 Å². The number of benzene rings is 2. The van der Waals surface area contributed by atoms with E-state index in [0.717, 1.165) is 16.6 Å². The lowest BCUT2D eigenvalue weighted by atomic mass is 9.98. The molecule has 2 aromatic carbocycles. The maximum Gasteiger partial charge on any atom is 0.0618 e. The summed E-state index contributed by atoms with van der Waals surface area (Å²) in [7, 11) is 0. The first-order chi connectivity index (χ1) is 9.29. The minimum absolute atomic E-state index is 0.467. The standard InChI is InChI=1S/C17H16N2/c1-12-7-8-14-15(9-12)16(11-19-17(14)10-18)13-5-3-2-4-6-13/h2-9,11H,10,18H2,1H3. The summed E-state index contributed by atoms with van der Waals surface area (Å²) in [5.74, 6) is 0. The first-order valence-corrected chi connectivity index (χ1v) is 6.43. The summed E-state index contributed by atoms with van der Waals surface area (Å²) >= 11 is 0. The van der Waals surface area contributed by atoms with Gasteiger partial charge in [-0.15, -0.1) is 0 Å². The van der Waals surface area contributed by atoms with Crippen molar-refractivity contribution in [2.24, 2.45) is 5.73 Å². The molecule has 0 unspecified atom stereocenters. The SMILES string of the molecule is Cc1ccc2c(CN)ncc(-c3ccccc3)c2c1. The predicted octanol–water partition coefficient (Wildman–Crippen LogP) is 3.67. The number of nitrogens with two attached hydrogens (primary N) is 1. The molecule has 0 atom stereocenters. The molecule has 3 aromatic rings. The Morgan fingerprint density at radius 2 is 1.79 bits per heavy atom. The maximum atomic E-state index is 5.78. The third kappa shape index (κ3) is 2.11. The lowest BCUT2D eigenvalue weighted by molar-refractivity contribution is 1.01. The Morgan fingerprint density at radius 3 is 2.53 bits per heavy atom. The molecule has 1 heterocycles. The van der Waals surface area contributed by atoms with Crippen LogP contribution in [0, 0.1) is 6.92 Å². The van der Waals surface area contributed by atoms with E-state index in [0.29, 0.717) is 6.54 Å². The van der Waals surface area contributed by atoms with Crippen molar-refractivity contribution < 1.29 is 0 Å². The van der Waals surface area contributed by atoms with E-state index in [9.17, 15) is 0 Å².